The number of nitrogens with zero attached hydrogens (tertiary/aromatic N) is 2. The van der Waals surface area contributed by atoms with Crippen molar-refractivity contribution in [2.45, 2.75) is 58.5 Å². The molecular weight excluding hydrogens is 238 g/mol. The molecule has 0 amide bonds. The van der Waals surface area contributed by atoms with Crippen molar-refractivity contribution in [2.24, 2.45) is 5.92 Å². The van der Waals surface area contributed by atoms with Gasteiger partial charge in [0.1, 0.15) is 11.4 Å². The third-order valence-corrected chi connectivity index (χ3v) is 3.95. The van der Waals surface area contributed by atoms with E-state index in [1.165, 1.54) is 12.8 Å². The molecule has 4 heteroatoms. The van der Waals surface area contributed by atoms with E-state index in [2.05, 4.69) is 23.8 Å². The predicted molar refractivity (Wildman–Crippen MR) is 76.8 cm³/mol. The molecule has 0 aromatic carbocycles. The Kier molecular flexibility index (Phi) is 4.40. The van der Waals surface area contributed by atoms with Crippen LogP contribution in [0.25, 0.3) is 0 Å². The normalized spacial score (nSPS) is 27.4. The van der Waals surface area contributed by atoms with Gasteiger partial charge in [0.25, 0.3) is 0 Å². The monoisotopic (exact) mass is 263 g/mol. The van der Waals surface area contributed by atoms with Gasteiger partial charge >= 0.3 is 0 Å². The van der Waals surface area contributed by atoms with Gasteiger partial charge in [-0.25, -0.2) is 9.97 Å². The second-order valence-corrected chi connectivity index (χ2v) is 5.59. The highest BCUT2D eigenvalue weighted by atomic mass is 16.5. The summed E-state index contributed by atoms with van der Waals surface area (Å²) in [5.41, 5.74) is 6.60. The van der Waals surface area contributed by atoms with Crippen LogP contribution in [0.3, 0.4) is 0 Å². The zero-order valence-electron chi connectivity index (χ0n) is 12.3. The number of anilines is 1. The first-order chi connectivity index (χ1) is 9.09. The average molecular weight is 263 g/mol. The molecule has 1 saturated carbocycles. The minimum atomic E-state index is -0.328. The Morgan fingerprint density at radius 2 is 2.21 bits per heavy atom. The van der Waals surface area contributed by atoms with Gasteiger partial charge in [-0.15, -0.1) is 0 Å². The van der Waals surface area contributed by atoms with E-state index in [-0.39, 0.29) is 5.60 Å². The van der Waals surface area contributed by atoms with Crippen molar-refractivity contribution in [1.82, 2.24) is 9.97 Å². The number of hydrogen-bond acceptors (Lipinski definition) is 4. The summed E-state index contributed by atoms with van der Waals surface area (Å²) >= 11 is 0. The molecule has 0 radical (unpaired) electrons. The molecule has 2 N–H and O–H groups in total. The molecule has 1 fully saturated rings. The van der Waals surface area contributed by atoms with Gasteiger partial charge in [-0.3, -0.25) is 0 Å². The van der Waals surface area contributed by atoms with Crippen LogP contribution >= 0.6 is 0 Å². The molecule has 2 unspecified atom stereocenters. The van der Waals surface area contributed by atoms with Crippen molar-refractivity contribution in [1.29, 1.82) is 0 Å². The zero-order valence-corrected chi connectivity index (χ0v) is 12.3. The summed E-state index contributed by atoms with van der Waals surface area (Å²) in [4.78, 5) is 9.16. The van der Waals surface area contributed by atoms with E-state index in [0.717, 1.165) is 30.8 Å². The number of nitrogens with two attached hydrogens (primary N) is 1. The lowest BCUT2D eigenvalue weighted by Gasteiger charge is -2.38. The summed E-state index contributed by atoms with van der Waals surface area (Å²) in [7, 11) is 0. The number of rotatable bonds is 4. The van der Waals surface area contributed by atoms with Crippen LogP contribution in [0.15, 0.2) is 6.07 Å². The highest BCUT2D eigenvalue weighted by Gasteiger charge is 2.40. The maximum absolute atomic E-state index is 6.10. The standard InChI is InChI=1S/C15H25N3O/c1-4-12-9-13(16)18-14(17-12)15(19-5-2)8-6-7-11(3)10-15/h9,11H,4-8,10H2,1-3H3,(H2,16,17,18). The summed E-state index contributed by atoms with van der Waals surface area (Å²) in [6.45, 7) is 7.09. The maximum atomic E-state index is 6.10. The predicted octanol–water partition coefficient (Wildman–Crippen LogP) is 3.06. The van der Waals surface area contributed by atoms with E-state index < -0.39 is 0 Å². The van der Waals surface area contributed by atoms with E-state index >= 15 is 0 Å². The van der Waals surface area contributed by atoms with E-state index in [1.54, 1.807) is 0 Å². The molecule has 0 spiro atoms. The smallest absolute Gasteiger partial charge is 0.162 e. The van der Waals surface area contributed by atoms with Crippen LogP contribution in [0, 0.1) is 5.92 Å². The Hall–Kier alpha value is -1.16. The highest BCUT2D eigenvalue weighted by Crippen LogP contribution is 2.41. The number of nitrogen functional groups attached to an aromatic ring is 1. The average Bonchev–Trinajstić information content (AvgIpc) is 2.38. The van der Waals surface area contributed by atoms with Crippen molar-refractivity contribution >= 4 is 5.82 Å². The Bertz CT molecular complexity index is 431. The third-order valence-electron chi connectivity index (χ3n) is 3.95. The van der Waals surface area contributed by atoms with Crippen LogP contribution in [0.5, 0.6) is 0 Å². The molecule has 0 saturated heterocycles. The first-order valence-electron chi connectivity index (χ1n) is 7.37. The molecule has 0 aliphatic heterocycles. The molecule has 19 heavy (non-hydrogen) atoms. The maximum Gasteiger partial charge on any atom is 0.162 e. The van der Waals surface area contributed by atoms with Crippen LogP contribution in [0.2, 0.25) is 0 Å². The van der Waals surface area contributed by atoms with Crippen molar-refractivity contribution in [2.75, 3.05) is 12.3 Å². The van der Waals surface area contributed by atoms with Gasteiger partial charge in [0.05, 0.1) is 0 Å². The lowest BCUT2D eigenvalue weighted by atomic mass is 9.78. The third kappa shape index (κ3) is 3.06. The van der Waals surface area contributed by atoms with E-state index in [1.807, 2.05) is 13.0 Å². The van der Waals surface area contributed by atoms with Crippen LogP contribution in [-0.2, 0) is 16.8 Å². The van der Waals surface area contributed by atoms with Gasteiger partial charge in [0.2, 0.25) is 0 Å². The van der Waals surface area contributed by atoms with Gasteiger partial charge in [0.15, 0.2) is 5.82 Å². The highest BCUT2D eigenvalue weighted by molar-refractivity contribution is 5.31. The summed E-state index contributed by atoms with van der Waals surface area (Å²) < 4.78 is 6.10. The topological polar surface area (TPSA) is 61.0 Å². The fourth-order valence-electron chi connectivity index (χ4n) is 3.08. The number of ether oxygens (including phenoxy) is 1. The van der Waals surface area contributed by atoms with Gasteiger partial charge < -0.3 is 10.5 Å². The minimum Gasteiger partial charge on any atom is -0.384 e. The summed E-state index contributed by atoms with van der Waals surface area (Å²) in [5.74, 6) is 1.99. The molecule has 4 nitrogen and oxygen atoms in total. The van der Waals surface area contributed by atoms with Crippen LogP contribution in [0.4, 0.5) is 5.82 Å². The number of aryl methyl sites for hydroxylation is 1. The van der Waals surface area contributed by atoms with E-state index in [4.69, 9.17) is 10.5 Å². The van der Waals surface area contributed by atoms with Crippen LogP contribution < -0.4 is 5.73 Å². The molecule has 106 valence electrons. The second kappa shape index (κ2) is 5.87. The lowest BCUT2D eigenvalue weighted by molar-refractivity contribution is -0.0881. The first kappa shape index (κ1) is 14.3. The van der Waals surface area contributed by atoms with Crippen LogP contribution in [-0.4, -0.2) is 16.6 Å². The molecule has 2 rings (SSSR count). The Morgan fingerprint density at radius 3 is 2.84 bits per heavy atom. The van der Waals surface area contributed by atoms with Gasteiger partial charge in [-0.2, -0.15) is 0 Å². The van der Waals surface area contributed by atoms with Crippen molar-refractivity contribution in [3.05, 3.63) is 17.6 Å². The quantitative estimate of drug-likeness (QED) is 0.907. The van der Waals surface area contributed by atoms with Gasteiger partial charge in [0, 0.05) is 18.4 Å². The molecule has 1 aliphatic rings. The second-order valence-electron chi connectivity index (χ2n) is 5.59. The molecule has 0 bridgehead atoms. The van der Waals surface area contributed by atoms with E-state index in [9.17, 15) is 0 Å². The molecule has 1 heterocycles. The van der Waals surface area contributed by atoms with Gasteiger partial charge in [-0.05, 0) is 38.5 Å². The van der Waals surface area contributed by atoms with E-state index in [0.29, 0.717) is 18.3 Å². The fourth-order valence-corrected chi connectivity index (χ4v) is 3.08. The Morgan fingerprint density at radius 1 is 1.42 bits per heavy atom. The van der Waals surface area contributed by atoms with Crippen LogP contribution in [0.1, 0.15) is 58.0 Å². The molecule has 1 aromatic heterocycles. The zero-order chi connectivity index (χ0) is 13.9. The number of aromatic nitrogens is 2. The first-order valence-corrected chi connectivity index (χ1v) is 7.37. The fraction of sp³-hybridized carbons (Fsp3) is 0.733. The largest absolute Gasteiger partial charge is 0.384 e. The summed E-state index contributed by atoms with van der Waals surface area (Å²) in [6, 6.07) is 1.86. The number of hydrogen-bond donors (Lipinski definition) is 1. The van der Waals surface area contributed by atoms with Crippen molar-refractivity contribution in [3.8, 4) is 0 Å². The SMILES string of the molecule is CCOC1(c2nc(N)cc(CC)n2)CCCC(C)C1. The Labute approximate surface area is 115 Å². The molecular formula is C15H25N3O. The molecule has 1 aliphatic carbocycles. The lowest BCUT2D eigenvalue weighted by Crippen LogP contribution is -2.37. The summed E-state index contributed by atoms with van der Waals surface area (Å²) in [6.07, 6.45) is 5.29. The van der Waals surface area contributed by atoms with Gasteiger partial charge in [-0.1, -0.05) is 20.3 Å². The Balaban J connectivity index is 2.40. The minimum absolute atomic E-state index is 0.328. The molecule has 1 aromatic rings. The summed E-state index contributed by atoms with van der Waals surface area (Å²) in [5, 5.41) is 0. The van der Waals surface area contributed by atoms with Crippen molar-refractivity contribution in [3.63, 3.8) is 0 Å². The van der Waals surface area contributed by atoms with Crippen molar-refractivity contribution < 1.29 is 4.74 Å². The molecule has 2 atom stereocenters.